The molecule has 0 aliphatic rings. The van der Waals surface area contributed by atoms with Crippen molar-refractivity contribution in [2.24, 2.45) is 11.3 Å². The smallest absolute Gasteiger partial charge is 0.326 e. The van der Waals surface area contributed by atoms with Gasteiger partial charge in [-0.15, -0.1) is 11.3 Å². The summed E-state index contributed by atoms with van der Waals surface area (Å²) in [7, 11) is 0. The Labute approximate surface area is 204 Å². The lowest BCUT2D eigenvalue weighted by Gasteiger charge is -2.26. The van der Waals surface area contributed by atoms with Crippen molar-refractivity contribution in [2.75, 3.05) is 0 Å². The van der Waals surface area contributed by atoms with Crippen LogP contribution < -0.4 is 5.32 Å². The summed E-state index contributed by atoms with van der Waals surface area (Å²) in [6.45, 7) is 10.4. The number of nitrogens with zero attached hydrogens (tertiary/aromatic N) is 1. The molecule has 3 atom stereocenters. The minimum absolute atomic E-state index is 0.0934. The van der Waals surface area contributed by atoms with Gasteiger partial charge in [0, 0.05) is 24.3 Å². The van der Waals surface area contributed by atoms with E-state index in [9.17, 15) is 19.5 Å². The molecule has 2 aromatic rings. The highest BCUT2D eigenvalue weighted by Gasteiger charge is 2.31. The van der Waals surface area contributed by atoms with E-state index in [1.807, 2.05) is 49.6 Å². The Kier molecular flexibility index (Phi) is 9.76. The topological polar surface area (TPSA) is 115 Å². The molecule has 1 unspecified atom stereocenters. The molecule has 186 valence electrons. The minimum atomic E-state index is -1.09. The largest absolute Gasteiger partial charge is 0.480 e. The van der Waals surface area contributed by atoms with Crippen molar-refractivity contribution >= 4 is 29.2 Å². The molecule has 9 heteroatoms. The van der Waals surface area contributed by atoms with E-state index < -0.39 is 41.7 Å². The molecule has 2 rings (SSSR count). The van der Waals surface area contributed by atoms with Gasteiger partial charge in [-0.3, -0.25) is 19.7 Å². The summed E-state index contributed by atoms with van der Waals surface area (Å²) in [6, 6.07) is 7.70. The molecule has 0 spiro atoms. The number of nitrogens with one attached hydrogen (secondary N) is 1. The average molecular weight is 491 g/mol. The summed E-state index contributed by atoms with van der Waals surface area (Å²) < 4.78 is 10.5. The number of benzene rings is 1. The molecule has 0 aliphatic heterocycles. The van der Waals surface area contributed by atoms with E-state index in [1.165, 1.54) is 18.3 Å². The molecule has 0 saturated carbocycles. The second-order valence-corrected chi connectivity index (χ2v) is 10.5. The van der Waals surface area contributed by atoms with E-state index in [1.54, 1.807) is 20.8 Å². The van der Waals surface area contributed by atoms with E-state index in [2.05, 4.69) is 10.3 Å². The van der Waals surface area contributed by atoms with Crippen LogP contribution in [-0.2, 0) is 30.3 Å². The number of thiazole rings is 1. The van der Waals surface area contributed by atoms with Gasteiger partial charge in [0.2, 0.25) is 6.29 Å². The van der Waals surface area contributed by atoms with Crippen molar-refractivity contribution in [3.63, 3.8) is 0 Å². The molecule has 0 saturated heterocycles. The molecule has 0 radical (unpaired) electrons. The molecule has 1 heterocycles. The van der Waals surface area contributed by atoms with Crippen molar-refractivity contribution in [3.8, 4) is 10.6 Å². The first-order chi connectivity index (χ1) is 15.9. The first kappa shape index (κ1) is 27.5. The van der Waals surface area contributed by atoms with Crippen LogP contribution in [0.5, 0.6) is 0 Å². The minimum Gasteiger partial charge on any atom is -0.480 e. The lowest BCUT2D eigenvalue weighted by atomic mass is 9.97. The number of carbonyl (C=O) groups excluding carboxylic acids is 2. The molecule has 1 aromatic carbocycles. The fourth-order valence-electron chi connectivity index (χ4n) is 3.08. The normalized spacial score (nSPS) is 14.3. The zero-order valence-corrected chi connectivity index (χ0v) is 21.3. The fourth-order valence-corrected chi connectivity index (χ4v) is 3.92. The molecule has 0 bridgehead atoms. The summed E-state index contributed by atoms with van der Waals surface area (Å²) in [4.78, 5) is 41.5. The van der Waals surface area contributed by atoms with Gasteiger partial charge in [-0.1, -0.05) is 44.2 Å². The third-order valence-corrected chi connectivity index (χ3v) is 5.79. The highest BCUT2D eigenvalue weighted by atomic mass is 32.1. The monoisotopic (exact) mass is 490 g/mol. The number of ether oxygens (including phenoxy) is 2. The summed E-state index contributed by atoms with van der Waals surface area (Å²) in [6.07, 6.45) is -0.629. The quantitative estimate of drug-likeness (QED) is 0.354. The third-order valence-electron chi connectivity index (χ3n) is 4.85. The zero-order valence-electron chi connectivity index (χ0n) is 20.5. The number of carboxylic acids is 1. The summed E-state index contributed by atoms with van der Waals surface area (Å²) in [5.74, 6) is -2.17. The number of carboxylic acid groups (broad SMARTS) is 1. The Balaban J connectivity index is 2.09. The lowest BCUT2D eigenvalue weighted by molar-refractivity contribution is -0.192. The van der Waals surface area contributed by atoms with Gasteiger partial charge in [0.15, 0.2) is 0 Å². The van der Waals surface area contributed by atoms with Crippen LogP contribution in [0.4, 0.5) is 0 Å². The number of esters is 2. The van der Waals surface area contributed by atoms with Gasteiger partial charge in [-0.2, -0.15) is 0 Å². The van der Waals surface area contributed by atoms with Gasteiger partial charge in [0.05, 0.1) is 11.1 Å². The van der Waals surface area contributed by atoms with E-state index >= 15 is 0 Å². The van der Waals surface area contributed by atoms with Crippen molar-refractivity contribution in [3.05, 3.63) is 41.4 Å². The standard InChI is InChI=1S/C25H34N2O6S/c1-15(2)12-20(23(30)32-16(3)33-24(31)25(4,5)6)27-19(22(28)29)13-18-14-34-21(26-18)17-10-8-7-9-11-17/h7-11,14-16,19-20,27H,12-13H2,1-6H3,(H,28,29)/t16?,19-,20-/m0/s1. The van der Waals surface area contributed by atoms with Crippen LogP contribution in [0, 0.1) is 11.3 Å². The van der Waals surface area contributed by atoms with Crippen molar-refractivity contribution in [1.29, 1.82) is 0 Å². The van der Waals surface area contributed by atoms with E-state index in [-0.39, 0.29) is 12.3 Å². The maximum absolute atomic E-state index is 12.8. The summed E-state index contributed by atoms with van der Waals surface area (Å²) in [5, 5.41) is 15.3. The second-order valence-electron chi connectivity index (χ2n) is 9.61. The first-order valence-electron chi connectivity index (χ1n) is 11.3. The first-order valence-corrected chi connectivity index (χ1v) is 12.1. The van der Waals surface area contributed by atoms with E-state index in [0.717, 1.165) is 10.6 Å². The zero-order chi connectivity index (χ0) is 25.5. The Bertz CT molecular complexity index is 967. The van der Waals surface area contributed by atoms with Gasteiger partial charge in [-0.05, 0) is 33.1 Å². The van der Waals surface area contributed by atoms with Crippen LogP contribution in [0.1, 0.15) is 53.7 Å². The van der Waals surface area contributed by atoms with Crippen molar-refractivity contribution in [1.82, 2.24) is 10.3 Å². The van der Waals surface area contributed by atoms with Crippen LogP contribution in [0.3, 0.4) is 0 Å². The lowest BCUT2D eigenvalue weighted by Crippen LogP contribution is -2.50. The van der Waals surface area contributed by atoms with Crippen LogP contribution in [-0.4, -0.2) is 46.4 Å². The van der Waals surface area contributed by atoms with Gasteiger partial charge in [-0.25, -0.2) is 4.98 Å². The van der Waals surface area contributed by atoms with Crippen LogP contribution in [0.2, 0.25) is 0 Å². The summed E-state index contributed by atoms with van der Waals surface area (Å²) in [5.41, 5.74) is 0.836. The highest BCUT2D eigenvalue weighted by Crippen LogP contribution is 2.24. The number of hydrogen-bond donors (Lipinski definition) is 2. The van der Waals surface area contributed by atoms with Crippen LogP contribution in [0.25, 0.3) is 10.6 Å². The molecular weight excluding hydrogens is 456 g/mol. The predicted molar refractivity (Wildman–Crippen MR) is 130 cm³/mol. The predicted octanol–water partition coefficient (Wildman–Crippen LogP) is 4.29. The summed E-state index contributed by atoms with van der Waals surface area (Å²) >= 11 is 1.44. The van der Waals surface area contributed by atoms with Crippen molar-refractivity contribution in [2.45, 2.75) is 72.8 Å². The Morgan fingerprint density at radius 2 is 1.71 bits per heavy atom. The SMILES string of the molecule is CC(C)C[C@H](N[C@@H](Cc1csc(-c2ccccc2)n1)C(=O)O)C(=O)OC(C)OC(=O)C(C)(C)C. The molecule has 34 heavy (non-hydrogen) atoms. The fraction of sp³-hybridized carbons (Fsp3) is 0.520. The molecule has 0 aliphatic carbocycles. The molecule has 0 fully saturated rings. The van der Waals surface area contributed by atoms with Gasteiger partial charge in [0.1, 0.15) is 17.1 Å². The number of rotatable bonds is 11. The number of hydrogen-bond acceptors (Lipinski definition) is 8. The second kappa shape index (κ2) is 12.1. The van der Waals surface area contributed by atoms with Gasteiger partial charge < -0.3 is 14.6 Å². The van der Waals surface area contributed by atoms with E-state index in [0.29, 0.717) is 12.1 Å². The Hall–Kier alpha value is -2.78. The maximum atomic E-state index is 12.8. The Morgan fingerprint density at radius 1 is 1.06 bits per heavy atom. The average Bonchev–Trinajstić information content (AvgIpc) is 3.20. The van der Waals surface area contributed by atoms with Crippen LogP contribution >= 0.6 is 11.3 Å². The number of aliphatic carboxylic acids is 1. The molecule has 0 amide bonds. The van der Waals surface area contributed by atoms with Crippen molar-refractivity contribution < 1.29 is 29.0 Å². The molecule has 2 N–H and O–H groups in total. The molecular formula is C25H34N2O6S. The molecule has 1 aromatic heterocycles. The highest BCUT2D eigenvalue weighted by molar-refractivity contribution is 7.13. The van der Waals surface area contributed by atoms with Crippen LogP contribution in [0.15, 0.2) is 35.7 Å². The number of carbonyl (C=O) groups is 3. The van der Waals surface area contributed by atoms with Gasteiger partial charge in [0.25, 0.3) is 0 Å². The Morgan fingerprint density at radius 3 is 2.26 bits per heavy atom. The van der Waals surface area contributed by atoms with Gasteiger partial charge >= 0.3 is 17.9 Å². The third kappa shape index (κ3) is 8.53. The maximum Gasteiger partial charge on any atom is 0.326 e. The number of aromatic nitrogens is 1. The van der Waals surface area contributed by atoms with E-state index in [4.69, 9.17) is 9.47 Å². The molecule has 8 nitrogen and oxygen atoms in total.